The molecule has 0 fully saturated rings. The number of benzene rings is 1. The molecule has 0 aliphatic heterocycles. The Labute approximate surface area is 181 Å². The Hall–Kier alpha value is -2.91. The van der Waals surface area contributed by atoms with Gasteiger partial charge in [0.05, 0.1) is 20.3 Å². The second-order valence-corrected chi connectivity index (χ2v) is 6.56. The third-order valence-corrected chi connectivity index (χ3v) is 4.44. The van der Waals surface area contributed by atoms with Gasteiger partial charge >= 0.3 is 11.9 Å². The summed E-state index contributed by atoms with van der Waals surface area (Å²) in [7, 11) is 1.47. The molecule has 0 aliphatic rings. The van der Waals surface area contributed by atoms with Gasteiger partial charge in [-0.1, -0.05) is 35.3 Å². The molecule has 2 aromatic rings. The fourth-order valence-corrected chi connectivity index (χ4v) is 3.05. The molecule has 0 spiro atoms. The molecule has 30 heavy (non-hydrogen) atoms. The Balaban J connectivity index is 2.59. The average Bonchev–Trinajstić information content (AvgIpc) is 2.69. The van der Waals surface area contributed by atoms with Gasteiger partial charge in [-0.15, -0.1) is 0 Å². The summed E-state index contributed by atoms with van der Waals surface area (Å²) >= 11 is 11.6. The van der Waals surface area contributed by atoms with Crippen LogP contribution in [0.1, 0.15) is 29.3 Å². The number of hydrogen-bond donors (Lipinski definition) is 1. The Kier molecular flexibility index (Phi) is 7.96. The topological polar surface area (TPSA) is 106 Å². The molecule has 0 unspecified atom stereocenters. The molecule has 0 saturated heterocycles. The van der Waals surface area contributed by atoms with Crippen molar-refractivity contribution in [2.75, 3.05) is 18.6 Å². The van der Waals surface area contributed by atoms with E-state index >= 15 is 0 Å². The van der Waals surface area contributed by atoms with E-state index in [1.165, 1.54) is 7.11 Å². The van der Waals surface area contributed by atoms with E-state index in [4.69, 9.17) is 32.7 Å². The van der Waals surface area contributed by atoms with Gasteiger partial charge in [-0.2, -0.15) is 0 Å². The van der Waals surface area contributed by atoms with Crippen molar-refractivity contribution in [1.29, 1.82) is 0 Å². The van der Waals surface area contributed by atoms with Crippen molar-refractivity contribution in [3.05, 3.63) is 51.5 Å². The maximum Gasteiger partial charge on any atom is 0.341 e. The highest BCUT2D eigenvalue weighted by Crippen LogP contribution is 2.35. The molecule has 0 aliphatic carbocycles. The number of rotatable bonds is 8. The number of hydrogen-bond acceptors (Lipinski definition) is 6. The summed E-state index contributed by atoms with van der Waals surface area (Å²) in [6, 6.07) is 6.38. The Morgan fingerprint density at radius 1 is 1.17 bits per heavy atom. The van der Waals surface area contributed by atoms with Crippen LogP contribution < -0.4 is 9.64 Å². The first-order valence-electron chi connectivity index (χ1n) is 8.56. The first-order valence-corrected chi connectivity index (χ1v) is 9.31. The number of carbonyl (C=O) groups is 3. The second kappa shape index (κ2) is 10.2. The van der Waals surface area contributed by atoms with Gasteiger partial charge in [0.15, 0.2) is 11.0 Å². The molecule has 11 heteroatoms. The van der Waals surface area contributed by atoms with Crippen LogP contribution in [0.3, 0.4) is 0 Å². The number of esters is 1. The van der Waals surface area contributed by atoms with E-state index in [9.17, 15) is 23.9 Å². The summed E-state index contributed by atoms with van der Waals surface area (Å²) in [4.78, 5) is 40.6. The Morgan fingerprint density at radius 2 is 1.80 bits per heavy atom. The Morgan fingerprint density at radius 3 is 2.33 bits per heavy atom. The lowest BCUT2D eigenvalue weighted by atomic mass is 10.1. The van der Waals surface area contributed by atoms with E-state index in [0.717, 1.165) is 4.90 Å². The number of carboxylic acids is 1. The summed E-state index contributed by atoms with van der Waals surface area (Å²) in [5, 5.41) is 8.19. The summed E-state index contributed by atoms with van der Waals surface area (Å²) < 4.78 is 24.7. The van der Waals surface area contributed by atoms with E-state index in [-0.39, 0.29) is 13.2 Å². The molecule has 8 nitrogen and oxygen atoms in total. The highest BCUT2D eigenvalue weighted by Gasteiger charge is 2.31. The molecule has 1 aromatic heterocycles. The van der Waals surface area contributed by atoms with Gasteiger partial charge in [0.1, 0.15) is 28.6 Å². The molecule has 1 amide bonds. The van der Waals surface area contributed by atoms with Gasteiger partial charge in [-0.25, -0.2) is 14.2 Å². The maximum absolute atomic E-state index is 14.9. The lowest BCUT2D eigenvalue weighted by molar-refractivity contribution is -0.145. The highest BCUT2D eigenvalue weighted by atomic mass is 35.5. The van der Waals surface area contributed by atoms with E-state index in [1.54, 1.807) is 31.2 Å². The minimum atomic E-state index is -1.62. The summed E-state index contributed by atoms with van der Waals surface area (Å²) in [5.41, 5.74) is -0.963. The molecule has 0 bridgehead atoms. The first-order chi connectivity index (χ1) is 14.2. The van der Waals surface area contributed by atoms with Crippen LogP contribution in [0.4, 0.5) is 10.1 Å². The number of nitrogens with zero attached hydrogens (tertiary/aromatic N) is 2. The Bertz CT molecular complexity index is 968. The highest BCUT2D eigenvalue weighted by molar-refractivity contribution is 6.35. The number of amides is 1. The van der Waals surface area contributed by atoms with Gasteiger partial charge in [-0.05, 0) is 24.6 Å². The fraction of sp³-hybridized carbons (Fsp3) is 0.263. The number of anilines is 1. The summed E-state index contributed by atoms with van der Waals surface area (Å²) in [5.74, 6) is -4.11. The van der Waals surface area contributed by atoms with Crippen molar-refractivity contribution in [3.8, 4) is 5.75 Å². The quantitative estimate of drug-likeness (QED) is 0.364. The standard InChI is InChI=1S/C19H17Cl2FN2O6/c1-3-30-13(26)8-12(25)24(9-10-4-6-11(29-2)7-5-10)16-14(19(27)28)17(20)23-18(21)15(16)22/h4-7H,3,8-9H2,1-2H3,(H,27,28). The molecule has 160 valence electrons. The second-order valence-electron chi connectivity index (χ2n) is 5.85. The number of halogens is 3. The van der Waals surface area contributed by atoms with Crippen molar-refractivity contribution in [2.45, 2.75) is 19.9 Å². The number of aromatic nitrogens is 1. The van der Waals surface area contributed by atoms with Gasteiger partial charge in [0.2, 0.25) is 5.91 Å². The zero-order chi connectivity index (χ0) is 22.4. The van der Waals surface area contributed by atoms with Crippen molar-refractivity contribution < 1.29 is 33.4 Å². The number of pyridine rings is 1. The first kappa shape index (κ1) is 23.4. The fourth-order valence-electron chi connectivity index (χ4n) is 2.58. The minimum absolute atomic E-state index is 0.0340. The van der Waals surface area contributed by atoms with Crippen LogP contribution in [0.5, 0.6) is 5.75 Å². The third kappa shape index (κ3) is 5.37. The van der Waals surface area contributed by atoms with Crippen molar-refractivity contribution >= 4 is 46.7 Å². The van der Waals surface area contributed by atoms with Crippen LogP contribution in [0.25, 0.3) is 0 Å². The third-order valence-electron chi connectivity index (χ3n) is 3.91. The van der Waals surface area contributed by atoms with Crippen molar-refractivity contribution in [3.63, 3.8) is 0 Å². The lowest BCUT2D eigenvalue weighted by Crippen LogP contribution is -2.34. The van der Waals surface area contributed by atoms with E-state index in [1.807, 2.05) is 0 Å². The van der Waals surface area contributed by atoms with Crippen molar-refractivity contribution in [2.24, 2.45) is 0 Å². The summed E-state index contributed by atoms with van der Waals surface area (Å²) in [6.45, 7) is 1.31. The van der Waals surface area contributed by atoms with Crippen LogP contribution in [-0.2, 0) is 20.9 Å². The number of ether oxygens (including phenoxy) is 2. The molecular weight excluding hydrogens is 442 g/mol. The monoisotopic (exact) mass is 458 g/mol. The molecule has 1 aromatic carbocycles. The zero-order valence-electron chi connectivity index (χ0n) is 15.9. The van der Waals surface area contributed by atoms with Gasteiger partial charge in [0, 0.05) is 0 Å². The zero-order valence-corrected chi connectivity index (χ0v) is 17.5. The predicted molar refractivity (Wildman–Crippen MR) is 107 cm³/mol. The van der Waals surface area contributed by atoms with E-state index in [2.05, 4.69) is 4.98 Å². The van der Waals surface area contributed by atoms with Crippen LogP contribution in [-0.4, -0.2) is 41.7 Å². The molecular formula is C19H17Cl2FN2O6. The summed E-state index contributed by atoms with van der Waals surface area (Å²) in [6.07, 6.45) is -0.750. The number of carbonyl (C=O) groups excluding carboxylic acids is 2. The van der Waals surface area contributed by atoms with Crippen LogP contribution >= 0.6 is 23.2 Å². The van der Waals surface area contributed by atoms with Gasteiger partial charge in [0.25, 0.3) is 0 Å². The number of aromatic carboxylic acids is 1. The number of carboxylic acid groups (broad SMARTS) is 1. The van der Waals surface area contributed by atoms with Gasteiger partial charge in [-0.3, -0.25) is 9.59 Å². The van der Waals surface area contributed by atoms with E-state index in [0.29, 0.717) is 11.3 Å². The maximum atomic E-state index is 14.9. The molecule has 0 radical (unpaired) electrons. The average molecular weight is 459 g/mol. The molecule has 2 rings (SSSR count). The minimum Gasteiger partial charge on any atom is -0.497 e. The molecule has 1 N–H and O–H groups in total. The van der Waals surface area contributed by atoms with Crippen LogP contribution in [0.15, 0.2) is 24.3 Å². The van der Waals surface area contributed by atoms with Gasteiger partial charge < -0.3 is 19.5 Å². The van der Waals surface area contributed by atoms with Crippen LogP contribution in [0, 0.1) is 5.82 Å². The smallest absolute Gasteiger partial charge is 0.341 e. The molecule has 0 saturated carbocycles. The molecule has 1 heterocycles. The molecule has 0 atom stereocenters. The van der Waals surface area contributed by atoms with Crippen molar-refractivity contribution in [1.82, 2.24) is 4.98 Å². The number of methoxy groups -OCH3 is 1. The normalized spacial score (nSPS) is 10.4. The predicted octanol–water partition coefficient (Wildman–Crippen LogP) is 3.72. The lowest BCUT2D eigenvalue weighted by Gasteiger charge is -2.25. The largest absolute Gasteiger partial charge is 0.497 e. The van der Waals surface area contributed by atoms with E-state index < -0.39 is 51.6 Å². The SMILES string of the molecule is CCOC(=O)CC(=O)N(Cc1ccc(OC)cc1)c1c(F)c(Cl)nc(Cl)c1C(=O)O. The van der Waals surface area contributed by atoms with Crippen LogP contribution in [0.2, 0.25) is 10.3 Å².